The maximum atomic E-state index is 12.0. The fraction of sp³-hybridized carbons (Fsp3) is 0.786. The predicted octanol–water partition coefficient (Wildman–Crippen LogP) is 3.74. The number of fused-ring (bicyclic) bond motifs is 1. The van der Waals surface area contributed by atoms with Crippen LogP contribution in [0.4, 0.5) is 0 Å². The van der Waals surface area contributed by atoms with Gasteiger partial charge < -0.3 is 0 Å². The van der Waals surface area contributed by atoms with E-state index in [2.05, 4.69) is 20.4 Å². The first-order valence-corrected chi connectivity index (χ1v) is 6.17. The highest BCUT2D eigenvalue weighted by molar-refractivity contribution is 5.81. The van der Waals surface area contributed by atoms with Crippen molar-refractivity contribution in [3.63, 3.8) is 0 Å². The van der Waals surface area contributed by atoms with Gasteiger partial charge in [0.05, 0.1) is 0 Å². The average molecular weight is 206 g/mol. The zero-order chi connectivity index (χ0) is 11.1. The first-order valence-electron chi connectivity index (χ1n) is 6.17. The Morgan fingerprint density at radius 2 is 2.00 bits per heavy atom. The van der Waals surface area contributed by atoms with E-state index in [0.29, 0.717) is 23.0 Å². The van der Waals surface area contributed by atoms with E-state index < -0.39 is 0 Å². The normalized spacial score (nSPS) is 35.9. The Balaban J connectivity index is 2.16. The lowest BCUT2D eigenvalue weighted by Crippen LogP contribution is -2.21. The first kappa shape index (κ1) is 10.9. The minimum Gasteiger partial charge on any atom is -0.299 e. The summed E-state index contributed by atoms with van der Waals surface area (Å²) < 4.78 is 0. The number of hydrogen-bond acceptors (Lipinski definition) is 1. The SMILES string of the molecule is C=C1CCCC(=O)[C@H]2CC(C)(C)C[C@H]2C1. The summed E-state index contributed by atoms with van der Waals surface area (Å²) >= 11 is 0. The van der Waals surface area contributed by atoms with Crippen LogP contribution in [0.25, 0.3) is 0 Å². The van der Waals surface area contributed by atoms with Gasteiger partial charge in [-0.25, -0.2) is 0 Å². The zero-order valence-electron chi connectivity index (χ0n) is 10.0. The van der Waals surface area contributed by atoms with Crippen molar-refractivity contribution in [3.8, 4) is 0 Å². The molecule has 0 aliphatic heterocycles. The number of Topliss-reactive ketones (excluding diaryl/α,β-unsaturated/α-hetero) is 1. The summed E-state index contributed by atoms with van der Waals surface area (Å²) in [5.41, 5.74) is 1.74. The van der Waals surface area contributed by atoms with Crippen LogP contribution in [0.15, 0.2) is 12.2 Å². The van der Waals surface area contributed by atoms with E-state index in [1.807, 2.05) is 0 Å². The number of carbonyl (C=O) groups excluding carboxylic acids is 1. The van der Waals surface area contributed by atoms with Crippen molar-refractivity contribution in [2.45, 2.75) is 52.4 Å². The largest absolute Gasteiger partial charge is 0.299 e. The highest BCUT2D eigenvalue weighted by Gasteiger charge is 2.42. The lowest BCUT2D eigenvalue weighted by atomic mass is 9.82. The number of carbonyl (C=O) groups is 1. The minimum absolute atomic E-state index is 0.344. The Bertz CT molecular complexity index is 288. The number of ketones is 1. The second-order valence-electron chi connectivity index (χ2n) is 6.21. The second kappa shape index (κ2) is 3.77. The molecule has 0 amide bonds. The summed E-state index contributed by atoms with van der Waals surface area (Å²) in [5, 5.41) is 0. The maximum absolute atomic E-state index is 12.0. The Hall–Kier alpha value is -0.590. The summed E-state index contributed by atoms with van der Waals surface area (Å²) in [6.07, 6.45) is 6.29. The maximum Gasteiger partial charge on any atom is 0.136 e. The fourth-order valence-electron chi connectivity index (χ4n) is 3.46. The molecular weight excluding hydrogens is 184 g/mol. The van der Waals surface area contributed by atoms with Gasteiger partial charge in [0, 0.05) is 12.3 Å². The molecule has 15 heavy (non-hydrogen) atoms. The molecule has 0 bridgehead atoms. The Kier molecular flexibility index (Phi) is 2.74. The van der Waals surface area contributed by atoms with Crippen LogP contribution in [0.3, 0.4) is 0 Å². The van der Waals surface area contributed by atoms with Crippen molar-refractivity contribution < 1.29 is 4.79 Å². The van der Waals surface area contributed by atoms with E-state index in [0.717, 1.165) is 32.1 Å². The smallest absolute Gasteiger partial charge is 0.136 e. The van der Waals surface area contributed by atoms with Crippen molar-refractivity contribution in [2.75, 3.05) is 0 Å². The Morgan fingerprint density at radius 1 is 1.27 bits per heavy atom. The van der Waals surface area contributed by atoms with E-state index in [4.69, 9.17) is 0 Å². The van der Waals surface area contributed by atoms with E-state index in [1.165, 1.54) is 12.0 Å². The molecule has 2 aliphatic carbocycles. The molecule has 2 aliphatic rings. The predicted molar refractivity (Wildman–Crippen MR) is 62.6 cm³/mol. The zero-order valence-corrected chi connectivity index (χ0v) is 10.0. The molecular formula is C14H22O. The van der Waals surface area contributed by atoms with E-state index in [-0.39, 0.29) is 0 Å². The molecule has 2 saturated carbocycles. The van der Waals surface area contributed by atoms with Gasteiger partial charge in [0.2, 0.25) is 0 Å². The van der Waals surface area contributed by atoms with E-state index >= 15 is 0 Å². The standard InChI is InChI=1S/C14H22O/c1-10-5-4-6-13(15)12-9-14(2,3)8-11(12)7-10/h11-12H,1,4-9H2,2-3H3/t11-,12+/m1/s1. The average Bonchev–Trinajstić information content (AvgIpc) is 2.39. The van der Waals surface area contributed by atoms with Crippen LogP contribution in [0.1, 0.15) is 52.4 Å². The molecule has 0 radical (unpaired) electrons. The van der Waals surface area contributed by atoms with Crippen molar-refractivity contribution in [3.05, 3.63) is 12.2 Å². The Morgan fingerprint density at radius 3 is 2.73 bits per heavy atom. The van der Waals surface area contributed by atoms with E-state index in [1.54, 1.807) is 0 Å². The molecule has 0 aromatic rings. The van der Waals surface area contributed by atoms with Crippen LogP contribution in [-0.4, -0.2) is 5.78 Å². The van der Waals surface area contributed by atoms with Crippen LogP contribution in [0.2, 0.25) is 0 Å². The molecule has 0 saturated heterocycles. The summed E-state index contributed by atoms with van der Waals surface area (Å²) in [6, 6.07) is 0. The quantitative estimate of drug-likeness (QED) is 0.552. The van der Waals surface area contributed by atoms with E-state index in [9.17, 15) is 4.79 Å². The van der Waals surface area contributed by atoms with Gasteiger partial charge in [0.25, 0.3) is 0 Å². The van der Waals surface area contributed by atoms with Crippen LogP contribution in [-0.2, 0) is 4.79 Å². The third kappa shape index (κ3) is 2.32. The third-order valence-electron chi connectivity index (χ3n) is 4.07. The van der Waals surface area contributed by atoms with Gasteiger partial charge in [0.1, 0.15) is 5.78 Å². The molecule has 0 N–H and O–H groups in total. The van der Waals surface area contributed by atoms with Gasteiger partial charge in [-0.2, -0.15) is 0 Å². The molecule has 0 heterocycles. The number of hydrogen-bond donors (Lipinski definition) is 0. The summed E-state index contributed by atoms with van der Waals surface area (Å²) in [6.45, 7) is 8.74. The molecule has 84 valence electrons. The fourth-order valence-corrected chi connectivity index (χ4v) is 3.46. The van der Waals surface area contributed by atoms with Gasteiger partial charge >= 0.3 is 0 Å². The molecule has 0 unspecified atom stereocenters. The minimum atomic E-state index is 0.344. The van der Waals surface area contributed by atoms with Gasteiger partial charge in [-0.1, -0.05) is 26.0 Å². The molecule has 2 rings (SSSR count). The molecule has 0 spiro atoms. The highest BCUT2D eigenvalue weighted by Crippen LogP contribution is 2.49. The number of allylic oxidation sites excluding steroid dienone is 1. The lowest BCUT2D eigenvalue weighted by Gasteiger charge is -2.22. The first-order chi connectivity index (χ1) is 6.98. The van der Waals surface area contributed by atoms with Crippen LogP contribution in [0, 0.1) is 17.3 Å². The molecule has 1 heteroatoms. The molecule has 2 atom stereocenters. The van der Waals surface area contributed by atoms with Crippen molar-refractivity contribution in [2.24, 2.45) is 17.3 Å². The van der Waals surface area contributed by atoms with Crippen LogP contribution >= 0.6 is 0 Å². The van der Waals surface area contributed by atoms with Crippen molar-refractivity contribution in [1.29, 1.82) is 0 Å². The second-order valence-corrected chi connectivity index (χ2v) is 6.21. The highest BCUT2D eigenvalue weighted by atomic mass is 16.1. The van der Waals surface area contributed by atoms with Gasteiger partial charge in [-0.15, -0.1) is 0 Å². The van der Waals surface area contributed by atoms with Crippen LogP contribution < -0.4 is 0 Å². The van der Waals surface area contributed by atoms with Gasteiger partial charge in [-0.3, -0.25) is 4.79 Å². The van der Waals surface area contributed by atoms with Crippen LogP contribution in [0.5, 0.6) is 0 Å². The molecule has 0 aromatic heterocycles. The molecule has 2 fully saturated rings. The Labute approximate surface area is 92.9 Å². The summed E-state index contributed by atoms with van der Waals surface area (Å²) in [7, 11) is 0. The summed E-state index contributed by atoms with van der Waals surface area (Å²) in [4.78, 5) is 12.0. The van der Waals surface area contributed by atoms with Crippen molar-refractivity contribution >= 4 is 5.78 Å². The van der Waals surface area contributed by atoms with Gasteiger partial charge in [0.15, 0.2) is 0 Å². The van der Waals surface area contributed by atoms with Crippen molar-refractivity contribution in [1.82, 2.24) is 0 Å². The number of rotatable bonds is 0. The lowest BCUT2D eigenvalue weighted by molar-refractivity contribution is -0.124. The molecule has 1 nitrogen and oxygen atoms in total. The topological polar surface area (TPSA) is 17.1 Å². The molecule has 0 aromatic carbocycles. The monoisotopic (exact) mass is 206 g/mol. The third-order valence-corrected chi connectivity index (χ3v) is 4.07. The van der Waals surface area contributed by atoms with Gasteiger partial charge in [-0.05, 0) is 43.4 Å². The summed E-state index contributed by atoms with van der Waals surface area (Å²) in [5.74, 6) is 1.47.